The lowest BCUT2D eigenvalue weighted by molar-refractivity contribution is 0.198. The average Bonchev–Trinajstić information content (AvgIpc) is 2.89. The van der Waals surface area contributed by atoms with Gasteiger partial charge in [0.1, 0.15) is 5.76 Å². The molecule has 1 fully saturated rings. The van der Waals surface area contributed by atoms with Crippen LogP contribution in [0.25, 0.3) is 0 Å². The molecule has 112 valence electrons. The van der Waals surface area contributed by atoms with Crippen LogP contribution in [0.5, 0.6) is 0 Å². The zero-order valence-electron chi connectivity index (χ0n) is 12.7. The molecular formula is C18H24N2O. The quantitative estimate of drug-likeness (QED) is 0.934. The minimum absolute atomic E-state index is 0.424. The number of furan rings is 1. The van der Waals surface area contributed by atoms with E-state index in [9.17, 15) is 0 Å². The predicted molar refractivity (Wildman–Crippen MR) is 85.2 cm³/mol. The van der Waals surface area contributed by atoms with E-state index >= 15 is 0 Å². The molecule has 2 heterocycles. The van der Waals surface area contributed by atoms with Gasteiger partial charge in [0, 0.05) is 25.0 Å². The van der Waals surface area contributed by atoms with Crippen molar-refractivity contribution in [1.29, 1.82) is 0 Å². The van der Waals surface area contributed by atoms with Crippen molar-refractivity contribution < 1.29 is 4.42 Å². The Bertz CT molecular complexity index is 523. The fraction of sp³-hybridized carbons (Fsp3) is 0.444. The van der Waals surface area contributed by atoms with Crippen LogP contribution in [-0.2, 0) is 6.42 Å². The lowest BCUT2D eigenvalue weighted by Crippen LogP contribution is -2.38. The van der Waals surface area contributed by atoms with Crippen molar-refractivity contribution in [3.05, 3.63) is 60.1 Å². The van der Waals surface area contributed by atoms with E-state index in [-0.39, 0.29) is 0 Å². The fourth-order valence-corrected chi connectivity index (χ4v) is 3.11. The van der Waals surface area contributed by atoms with Crippen LogP contribution in [0, 0.1) is 0 Å². The molecule has 21 heavy (non-hydrogen) atoms. The fourth-order valence-electron chi connectivity index (χ4n) is 3.11. The van der Waals surface area contributed by atoms with E-state index in [2.05, 4.69) is 53.5 Å². The van der Waals surface area contributed by atoms with E-state index < -0.39 is 0 Å². The predicted octanol–water partition coefficient (Wildman–Crippen LogP) is 3.25. The molecule has 0 radical (unpaired) electrons. The number of benzene rings is 1. The zero-order valence-corrected chi connectivity index (χ0v) is 12.7. The maximum Gasteiger partial charge on any atom is 0.105 e. The Labute approximate surface area is 127 Å². The summed E-state index contributed by atoms with van der Waals surface area (Å²) in [7, 11) is 0. The molecule has 1 aromatic heterocycles. The molecule has 3 heteroatoms. The molecule has 3 rings (SSSR count). The van der Waals surface area contributed by atoms with Crippen LogP contribution in [-0.4, -0.2) is 30.6 Å². The summed E-state index contributed by atoms with van der Waals surface area (Å²) >= 11 is 0. The van der Waals surface area contributed by atoms with Crippen molar-refractivity contribution in [2.45, 2.75) is 31.8 Å². The molecule has 2 atom stereocenters. The summed E-state index contributed by atoms with van der Waals surface area (Å²) < 4.78 is 5.50. The maximum atomic E-state index is 5.50. The Morgan fingerprint density at radius 1 is 1.24 bits per heavy atom. The molecule has 2 unspecified atom stereocenters. The molecule has 1 aliphatic rings. The van der Waals surface area contributed by atoms with Crippen LogP contribution >= 0.6 is 0 Å². The highest BCUT2D eigenvalue weighted by Crippen LogP contribution is 2.19. The molecule has 0 saturated carbocycles. The molecule has 1 aliphatic heterocycles. The van der Waals surface area contributed by atoms with Gasteiger partial charge in [-0.05, 0) is 44.1 Å². The summed E-state index contributed by atoms with van der Waals surface area (Å²) in [6.07, 6.45) is 3.94. The van der Waals surface area contributed by atoms with Gasteiger partial charge in [0.2, 0.25) is 0 Å². The largest absolute Gasteiger partial charge is 0.469 e. The van der Waals surface area contributed by atoms with Crippen LogP contribution in [0.4, 0.5) is 0 Å². The van der Waals surface area contributed by atoms with Crippen molar-refractivity contribution in [1.82, 2.24) is 10.2 Å². The third kappa shape index (κ3) is 3.74. The summed E-state index contributed by atoms with van der Waals surface area (Å²) in [5.41, 5.74) is 1.38. The highest BCUT2D eigenvalue weighted by atomic mass is 16.3. The number of hydrogen-bond donors (Lipinski definition) is 1. The Morgan fingerprint density at radius 2 is 2.10 bits per heavy atom. The molecule has 0 spiro atoms. The first-order chi connectivity index (χ1) is 10.3. The minimum Gasteiger partial charge on any atom is -0.469 e. The van der Waals surface area contributed by atoms with Crippen molar-refractivity contribution in [2.24, 2.45) is 0 Å². The smallest absolute Gasteiger partial charge is 0.105 e. The number of nitrogens with zero attached hydrogens (tertiary/aromatic N) is 1. The monoisotopic (exact) mass is 284 g/mol. The van der Waals surface area contributed by atoms with E-state index in [1.165, 1.54) is 12.0 Å². The van der Waals surface area contributed by atoms with Crippen LogP contribution < -0.4 is 5.32 Å². The highest BCUT2D eigenvalue weighted by Gasteiger charge is 2.23. The molecule has 2 aromatic rings. The average molecular weight is 284 g/mol. The molecular weight excluding hydrogens is 260 g/mol. The van der Waals surface area contributed by atoms with Crippen LogP contribution in [0.1, 0.15) is 30.7 Å². The van der Waals surface area contributed by atoms with E-state index in [0.717, 1.165) is 31.8 Å². The van der Waals surface area contributed by atoms with Gasteiger partial charge in [0.25, 0.3) is 0 Å². The zero-order chi connectivity index (χ0) is 14.5. The number of nitrogens with one attached hydrogen (secondary N) is 1. The van der Waals surface area contributed by atoms with Gasteiger partial charge in [-0.15, -0.1) is 0 Å². The number of hydrogen-bond acceptors (Lipinski definition) is 3. The summed E-state index contributed by atoms with van der Waals surface area (Å²) in [4.78, 5) is 2.58. The Balaban J connectivity index is 1.67. The summed E-state index contributed by atoms with van der Waals surface area (Å²) in [6, 6.07) is 15.7. The van der Waals surface area contributed by atoms with Gasteiger partial charge in [0.05, 0.1) is 6.26 Å². The van der Waals surface area contributed by atoms with Gasteiger partial charge in [-0.25, -0.2) is 0 Å². The standard InChI is InChI=1S/C18H24N2O/c1-15(13-17-9-5-12-21-17)20-11-6-10-19-18(14-20)16-7-3-2-4-8-16/h2-5,7-9,12,15,18-19H,6,10-11,13-14H2,1H3. The van der Waals surface area contributed by atoms with Crippen molar-refractivity contribution in [2.75, 3.05) is 19.6 Å². The van der Waals surface area contributed by atoms with Crippen LogP contribution in [0.3, 0.4) is 0 Å². The van der Waals surface area contributed by atoms with Crippen molar-refractivity contribution in [3.8, 4) is 0 Å². The second kappa shape index (κ2) is 6.92. The van der Waals surface area contributed by atoms with Gasteiger partial charge < -0.3 is 9.73 Å². The first kappa shape index (κ1) is 14.4. The normalized spacial score (nSPS) is 21.9. The second-order valence-corrected chi connectivity index (χ2v) is 5.90. The van der Waals surface area contributed by atoms with Crippen LogP contribution in [0.2, 0.25) is 0 Å². The molecule has 3 nitrogen and oxygen atoms in total. The molecule has 0 bridgehead atoms. The molecule has 0 aliphatic carbocycles. The minimum atomic E-state index is 0.424. The van der Waals surface area contributed by atoms with Gasteiger partial charge in [-0.2, -0.15) is 0 Å². The first-order valence-electron chi connectivity index (χ1n) is 7.87. The summed E-state index contributed by atoms with van der Waals surface area (Å²) in [6.45, 7) is 5.60. The van der Waals surface area contributed by atoms with E-state index in [1.54, 1.807) is 6.26 Å². The second-order valence-electron chi connectivity index (χ2n) is 5.90. The van der Waals surface area contributed by atoms with Crippen LogP contribution in [0.15, 0.2) is 53.1 Å². The molecule has 1 aromatic carbocycles. The van der Waals surface area contributed by atoms with Gasteiger partial charge in [0.15, 0.2) is 0 Å². The first-order valence-corrected chi connectivity index (χ1v) is 7.87. The van der Waals surface area contributed by atoms with Gasteiger partial charge in [-0.1, -0.05) is 30.3 Å². The lowest BCUT2D eigenvalue weighted by Gasteiger charge is -2.30. The van der Waals surface area contributed by atoms with Gasteiger partial charge in [-0.3, -0.25) is 4.90 Å². The van der Waals surface area contributed by atoms with E-state index in [1.807, 2.05) is 6.07 Å². The molecule has 1 N–H and O–H groups in total. The van der Waals surface area contributed by atoms with Gasteiger partial charge >= 0.3 is 0 Å². The maximum absolute atomic E-state index is 5.50. The summed E-state index contributed by atoms with van der Waals surface area (Å²) in [5, 5.41) is 3.68. The Kier molecular flexibility index (Phi) is 4.73. The molecule has 0 amide bonds. The molecule has 1 saturated heterocycles. The van der Waals surface area contributed by atoms with E-state index in [4.69, 9.17) is 4.42 Å². The van der Waals surface area contributed by atoms with Crippen molar-refractivity contribution in [3.63, 3.8) is 0 Å². The Hall–Kier alpha value is -1.58. The lowest BCUT2D eigenvalue weighted by atomic mass is 10.1. The number of rotatable bonds is 4. The Morgan fingerprint density at radius 3 is 2.86 bits per heavy atom. The SMILES string of the molecule is CC(Cc1ccco1)N1CCCNC(c2ccccc2)C1. The highest BCUT2D eigenvalue weighted by molar-refractivity contribution is 5.19. The van der Waals surface area contributed by atoms with Crippen molar-refractivity contribution >= 4 is 0 Å². The van der Waals surface area contributed by atoms with E-state index in [0.29, 0.717) is 12.1 Å². The summed E-state index contributed by atoms with van der Waals surface area (Å²) in [5.74, 6) is 1.08. The third-order valence-corrected chi connectivity index (χ3v) is 4.33. The third-order valence-electron chi connectivity index (χ3n) is 4.33. The topological polar surface area (TPSA) is 28.4 Å².